The van der Waals surface area contributed by atoms with E-state index in [9.17, 15) is 9.90 Å². The van der Waals surface area contributed by atoms with Crippen LogP contribution in [0.5, 0.6) is 17.2 Å². The fourth-order valence-electron chi connectivity index (χ4n) is 4.21. The monoisotopic (exact) mass is 514 g/mol. The molecule has 0 fully saturated rings. The minimum Gasteiger partial charge on any atom is -0.496 e. The highest BCUT2D eigenvalue weighted by atomic mass is 16.5. The zero-order chi connectivity index (χ0) is 27.3. The second-order valence-electron chi connectivity index (χ2n) is 9.91. The minimum absolute atomic E-state index is 0.0905. The number of aromatic nitrogens is 1. The van der Waals surface area contributed by atoms with Crippen molar-refractivity contribution in [3.8, 4) is 28.5 Å². The van der Waals surface area contributed by atoms with Gasteiger partial charge >= 0.3 is 5.97 Å². The smallest absolute Gasteiger partial charge is 0.312 e. The van der Waals surface area contributed by atoms with Crippen LogP contribution in [0.1, 0.15) is 44.7 Å². The van der Waals surface area contributed by atoms with Crippen molar-refractivity contribution >= 4 is 17.4 Å². The fraction of sp³-hybridized carbons (Fsp3) is 0.290. The molecule has 4 rings (SSSR count). The number of methoxy groups -OCH3 is 2. The van der Waals surface area contributed by atoms with Crippen molar-refractivity contribution in [3.63, 3.8) is 0 Å². The normalized spacial score (nSPS) is 13.8. The molecule has 0 amide bonds. The van der Waals surface area contributed by atoms with Crippen LogP contribution in [-0.4, -0.2) is 36.9 Å². The third kappa shape index (κ3) is 5.83. The average Bonchev–Trinajstić information content (AvgIpc) is 3.13. The Hall–Kier alpha value is -4.26. The zero-order valence-corrected chi connectivity index (χ0v) is 22.5. The van der Waals surface area contributed by atoms with E-state index in [4.69, 9.17) is 19.2 Å². The highest BCUT2D eigenvalue weighted by molar-refractivity contribution is 5.83. The second-order valence-corrected chi connectivity index (χ2v) is 9.91. The lowest BCUT2D eigenvalue weighted by molar-refractivity contribution is -0.148. The fourth-order valence-corrected chi connectivity index (χ4v) is 4.21. The summed E-state index contributed by atoms with van der Waals surface area (Å²) in [4.78, 5) is 16.0. The second kappa shape index (κ2) is 11.4. The molecule has 198 valence electrons. The van der Waals surface area contributed by atoms with Gasteiger partial charge < -0.3 is 24.6 Å². The maximum atomic E-state index is 11.3. The van der Waals surface area contributed by atoms with Crippen LogP contribution in [0.2, 0.25) is 0 Å². The predicted octanol–water partition coefficient (Wildman–Crippen LogP) is 6.41. The molecule has 1 aliphatic heterocycles. The summed E-state index contributed by atoms with van der Waals surface area (Å²) in [6.07, 6.45) is 5.87. The number of carbonyl (C=O) groups is 1. The van der Waals surface area contributed by atoms with Crippen molar-refractivity contribution in [3.05, 3.63) is 83.6 Å². The molecule has 2 N–H and O–H groups in total. The molecule has 7 heteroatoms. The first kappa shape index (κ1) is 26.8. The van der Waals surface area contributed by atoms with E-state index in [1.807, 2.05) is 54.7 Å². The Morgan fingerprint density at radius 3 is 2.24 bits per heavy atom. The number of rotatable bonds is 9. The molecule has 0 saturated carbocycles. The largest absolute Gasteiger partial charge is 0.496 e. The van der Waals surface area contributed by atoms with E-state index < -0.39 is 11.4 Å². The maximum absolute atomic E-state index is 11.3. The number of pyridine rings is 1. The summed E-state index contributed by atoms with van der Waals surface area (Å²) in [6.45, 7) is 5.51. The quantitative estimate of drug-likeness (QED) is 0.341. The predicted molar refractivity (Wildman–Crippen MR) is 149 cm³/mol. The van der Waals surface area contributed by atoms with E-state index in [0.717, 1.165) is 58.1 Å². The average molecular weight is 515 g/mol. The molecule has 2 heterocycles. The number of carboxylic acid groups (broad SMARTS) is 1. The molecule has 0 bridgehead atoms. The molecule has 1 aromatic heterocycles. The first-order valence-electron chi connectivity index (χ1n) is 12.5. The lowest BCUT2D eigenvalue weighted by Crippen LogP contribution is -2.30. The highest BCUT2D eigenvalue weighted by Gasteiger charge is 2.28. The molecule has 0 aliphatic carbocycles. The molecule has 3 aromatic rings. The molecule has 38 heavy (non-hydrogen) atoms. The van der Waals surface area contributed by atoms with Gasteiger partial charge in [-0.3, -0.25) is 9.78 Å². The van der Waals surface area contributed by atoms with Crippen LogP contribution in [0.4, 0.5) is 0 Å². The summed E-state index contributed by atoms with van der Waals surface area (Å²) in [5.74, 6) is 1.22. The molecule has 0 spiro atoms. The number of aliphatic carboxylic acids is 1. The lowest BCUT2D eigenvalue weighted by Gasteiger charge is -2.20. The van der Waals surface area contributed by atoms with Crippen LogP contribution in [-0.2, 0) is 4.79 Å². The Kier molecular flexibility index (Phi) is 8.05. The van der Waals surface area contributed by atoms with E-state index in [1.54, 1.807) is 28.1 Å². The molecule has 7 nitrogen and oxygen atoms in total. The summed E-state index contributed by atoms with van der Waals surface area (Å²) in [7, 11) is 3.32. The molecule has 0 atom stereocenters. The third-order valence-corrected chi connectivity index (χ3v) is 6.63. The number of hydrogen-bond acceptors (Lipinski definition) is 6. The van der Waals surface area contributed by atoms with Gasteiger partial charge in [0.25, 0.3) is 0 Å². The van der Waals surface area contributed by atoms with Gasteiger partial charge in [-0.25, -0.2) is 0 Å². The number of nitrogens with one attached hydrogen (secondary N) is 1. The Balaban J connectivity index is 1.54. The van der Waals surface area contributed by atoms with Gasteiger partial charge in [0.2, 0.25) is 0 Å². The molecular formula is C31H34N2O5. The van der Waals surface area contributed by atoms with Gasteiger partial charge in [-0.1, -0.05) is 12.1 Å². The number of benzene rings is 2. The van der Waals surface area contributed by atoms with Gasteiger partial charge in [0.05, 0.1) is 30.9 Å². The lowest BCUT2D eigenvalue weighted by atomic mass is 9.95. The van der Waals surface area contributed by atoms with E-state index in [0.29, 0.717) is 5.75 Å². The summed E-state index contributed by atoms with van der Waals surface area (Å²) < 4.78 is 17.0. The van der Waals surface area contributed by atoms with Gasteiger partial charge in [0, 0.05) is 28.7 Å². The Labute approximate surface area is 223 Å². The molecule has 0 radical (unpaired) electrons. The van der Waals surface area contributed by atoms with Gasteiger partial charge in [-0.05, 0) is 87.7 Å². The number of hydrogen-bond donors (Lipinski definition) is 2. The van der Waals surface area contributed by atoms with Gasteiger partial charge in [-0.2, -0.15) is 0 Å². The van der Waals surface area contributed by atoms with Crippen molar-refractivity contribution in [2.45, 2.75) is 33.6 Å². The third-order valence-electron chi connectivity index (χ3n) is 6.63. The van der Waals surface area contributed by atoms with Crippen molar-refractivity contribution < 1.29 is 24.1 Å². The van der Waals surface area contributed by atoms with Gasteiger partial charge in [-0.15, -0.1) is 0 Å². The number of allylic oxidation sites excluding steroid dienone is 2. The summed E-state index contributed by atoms with van der Waals surface area (Å²) >= 11 is 0. The minimum atomic E-state index is -0.958. The van der Waals surface area contributed by atoms with E-state index in [-0.39, 0.29) is 6.61 Å². The maximum Gasteiger partial charge on any atom is 0.312 e. The van der Waals surface area contributed by atoms with Crippen molar-refractivity contribution in [1.29, 1.82) is 0 Å². The van der Waals surface area contributed by atoms with Crippen LogP contribution in [0.25, 0.3) is 22.7 Å². The van der Waals surface area contributed by atoms with E-state index >= 15 is 0 Å². The zero-order valence-electron chi connectivity index (χ0n) is 22.5. The topological polar surface area (TPSA) is 89.9 Å². The summed E-state index contributed by atoms with van der Waals surface area (Å²) in [5, 5.41) is 12.9. The number of carboxylic acids is 1. The number of ether oxygens (including phenoxy) is 3. The molecule has 0 unspecified atom stereocenters. The van der Waals surface area contributed by atoms with E-state index in [2.05, 4.69) is 24.4 Å². The van der Waals surface area contributed by atoms with Gasteiger partial charge in [0.1, 0.15) is 23.9 Å². The first-order chi connectivity index (χ1) is 18.2. The Bertz CT molecular complexity index is 1330. The van der Waals surface area contributed by atoms with Crippen LogP contribution in [0, 0.1) is 5.41 Å². The van der Waals surface area contributed by atoms with E-state index in [1.165, 1.54) is 5.57 Å². The SMILES string of the molecule is COc1cccc(OC)c1C1=CCCC(C)=C(c2ccc(-c3ccc(OCC(C)(C)C(=O)O)cc3)nc2)N1. The molecule has 1 aliphatic rings. The highest BCUT2D eigenvalue weighted by Crippen LogP contribution is 2.37. The Morgan fingerprint density at radius 1 is 1.00 bits per heavy atom. The van der Waals surface area contributed by atoms with Crippen molar-refractivity contribution in [1.82, 2.24) is 10.3 Å². The standard InChI is InChI=1S/C31H34N2O5/c1-20-8-6-9-25(28-26(36-4)10-7-11-27(28)37-5)33-29(20)22-14-17-24(32-18-22)21-12-15-23(16-13-21)38-19-31(2,3)30(34)35/h7,9-18,33H,6,8,19H2,1-5H3,(H,34,35). The van der Waals surface area contributed by atoms with Crippen molar-refractivity contribution in [2.24, 2.45) is 5.41 Å². The first-order valence-corrected chi connectivity index (χ1v) is 12.5. The van der Waals surface area contributed by atoms with Crippen molar-refractivity contribution in [2.75, 3.05) is 20.8 Å². The van der Waals surface area contributed by atoms with Crippen LogP contribution < -0.4 is 19.5 Å². The number of nitrogens with zero attached hydrogens (tertiary/aromatic N) is 1. The summed E-state index contributed by atoms with van der Waals surface area (Å²) in [6, 6.07) is 17.4. The van der Waals surface area contributed by atoms with Crippen LogP contribution in [0.3, 0.4) is 0 Å². The van der Waals surface area contributed by atoms with Crippen LogP contribution in [0.15, 0.2) is 72.4 Å². The van der Waals surface area contributed by atoms with Gasteiger partial charge in [0.15, 0.2) is 0 Å². The summed E-state index contributed by atoms with van der Waals surface area (Å²) in [5.41, 5.74) is 5.90. The Morgan fingerprint density at radius 2 is 1.66 bits per heavy atom. The molecule has 2 aromatic carbocycles. The van der Waals surface area contributed by atoms with Crippen LogP contribution >= 0.6 is 0 Å². The molecular weight excluding hydrogens is 480 g/mol. The molecule has 0 saturated heterocycles.